The summed E-state index contributed by atoms with van der Waals surface area (Å²) in [7, 11) is 0. The van der Waals surface area contributed by atoms with Crippen molar-refractivity contribution in [2.45, 2.75) is 27.7 Å². The Morgan fingerprint density at radius 1 is 0.889 bits per heavy atom. The molecule has 0 amide bonds. The molecule has 0 saturated carbocycles. The van der Waals surface area contributed by atoms with E-state index in [1.165, 1.54) is 6.07 Å². The molecule has 98 valence electrons. The summed E-state index contributed by atoms with van der Waals surface area (Å²) < 4.78 is 0. The highest BCUT2D eigenvalue weighted by molar-refractivity contribution is 6.06. The molecule has 0 aliphatic carbocycles. The molecule has 2 N–H and O–H groups in total. The lowest BCUT2D eigenvalue weighted by Gasteiger charge is -2.10. The molecule has 4 heteroatoms. The Kier molecular flexibility index (Phi) is 4.89. The van der Waals surface area contributed by atoms with Crippen LogP contribution in [0.3, 0.4) is 0 Å². The van der Waals surface area contributed by atoms with Gasteiger partial charge < -0.3 is 10.2 Å². The van der Waals surface area contributed by atoms with Gasteiger partial charge in [-0.05, 0) is 33.8 Å². The van der Waals surface area contributed by atoms with Crippen LogP contribution in [-0.2, 0) is 0 Å². The normalized spacial score (nSPS) is 12.9. The summed E-state index contributed by atoms with van der Waals surface area (Å²) >= 11 is 0. The number of rotatable bonds is 4. The topological polar surface area (TPSA) is 65.2 Å². The largest absolute Gasteiger partial charge is 0.507 e. The maximum absolute atomic E-state index is 9.84. The van der Waals surface area contributed by atoms with Gasteiger partial charge in [0, 0.05) is 41.7 Å². The molecular weight excluding hydrogens is 228 g/mol. The Labute approximate surface area is 108 Å². The zero-order valence-corrected chi connectivity index (χ0v) is 11.4. The molecule has 0 unspecified atom stereocenters. The number of aromatic hydroxyl groups is 2. The van der Waals surface area contributed by atoms with E-state index in [1.807, 2.05) is 27.7 Å². The van der Waals surface area contributed by atoms with Crippen molar-refractivity contribution in [3.63, 3.8) is 0 Å². The Morgan fingerprint density at radius 3 is 1.61 bits per heavy atom. The smallest absolute Gasteiger partial charge is 0.128 e. The predicted molar refractivity (Wildman–Crippen MR) is 75.3 cm³/mol. The molecule has 0 bridgehead atoms. The van der Waals surface area contributed by atoms with Gasteiger partial charge in [-0.1, -0.05) is 0 Å². The molecular formula is C14H20N2O2. The highest BCUT2D eigenvalue weighted by Crippen LogP contribution is 2.28. The van der Waals surface area contributed by atoms with Crippen LogP contribution in [0.1, 0.15) is 38.8 Å². The fraction of sp³-hybridized carbons (Fsp3) is 0.429. The van der Waals surface area contributed by atoms with Crippen molar-refractivity contribution >= 4 is 11.4 Å². The molecule has 0 atom stereocenters. The number of hydrogen-bond donors (Lipinski definition) is 2. The first-order chi connectivity index (χ1) is 8.51. The van der Waals surface area contributed by atoms with Crippen LogP contribution in [-0.4, -0.2) is 34.7 Å². The lowest BCUT2D eigenvalue weighted by atomic mass is 10.0. The Morgan fingerprint density at radius 2 is 1.28 bits per heavy atom. The van der Waals surface area contributed by atoms with Gasteiger partial charge in [0.1, 0.15) is 11.5 Å². The van der Waals surface area contributed by atoms with Gasteiger partial charge in [-0.3, -0.25) is 9.98 Å². The predicted octanol–water partition coefficient (Wildman–Crippen LogP) is 2.76. The summed E-state index contributed by atoms with van der Waals surface area (Å²) in [6.45, 7) is 8.86. The van der Waals surface area contributed by atoms with Crippen molar-refractivity contribution < 1.29 is 10.2 Å². The summed E-state index contributed by atoms with van der Waals surface area (Å²) in [6.07, 6.45) is 0. The second kappa shape index (κ2) is 6.19. The van der Waals surface area contributed by atoms with Crippen LogP contribution in [0.2, 0.25) is 0 Å². The maximum Gasteiger partial charge on any atom is 0.128 e. The van der Waals surface area contributed by atoms with Crippen molar-refractivity contribution in [3.8, 4) is 11.5 Å². The molecule has 0 aliphatic heterocycles. The third-order valence-corrected chi connectivity index (χ3v) is 2.68. The zero-order valence-electron chi connectivity index (χ0n) is 11.4. The molecule has 0 saturated heterocycles. The molecule has 0 spiro atoms. The molecule has 0 aliphatic rings. The van der Waals surface area contributed by atoms with Crippen LogP contribution in [0, 0.1) is 0 Å². The molecule has 0 fully saturated rings. The molecule has 0 aromatic heterocycles. The Bertz CT molecular complexity index is 450. The lowest BCUT2D eigenvalue weighted by Crippen LogP contribution is -2.02. The number of phenolic OH excluding ortho intramolecular Hbond substituents is 2. The number of nitrogens with zero attached hydrogens (tertiary/aromatic N) is 2. The van der Waals surface area contributed by atoms with Gasteiger partial charge in [0.25, 0.3) is 0 Å². The third kappa shape index (κ3) is 3.09. The third-order valence-electron chi connectivity index (χ3n) is 2.68. The van der Waals surface area contributed by atoms with E-state index in [2.05, 4.69) is 9.98 Å². The molecule has 4 nitrogen and oxygen atoms in total. The quantitative estimate of drug-likeness (QED) is 0.805. The van der Waals surface area contributed by atoms with Crippen LogP contribution in [0.5, 0.6) is 11.5 Å². The first-order valence-corrected chi connectivity index (χ1v) is 6.10. The number of hydrogen-bond acceptors (Lipinski definition) is 4. The molecule has 1 aromatic rings. The second-order valence-corrected chi connectivity index (χ2v) is 4.01. The Balaban J connectivity index is 3.35. The van der Waals surface area contributed by atoms with Crippen LogP contribution in [0.25, 0.3) is 0 Å². The van der Waals surface area contributed by atoms with E-state index >= 15 is 0 Å². The van der Waals surface area contributed by atoms with Gasteiger partial charge in [-0.2, -0.15) is 0 Å². The minimum absolute atomic E-state index is 0.0373. The zero-order chi connectivity index (χ0) is 13.7. The SMILES string of the molecule is CCN=C(C)c1cc(C(C)=NCC)c(O)cc1O. The van der Waals surface area contributed by atoms with Crippen molar-refractivity contribution in [2.24, 2.45) is 9.98 Å². The standard InChI is InChI=1S/C14H20N2O2/c1-5-15-9(3)11-7-12(10(4)16-6-2)14(18)8-13(11)17/h7-8,17-18H,5-6H2,1-4H3. The van der Waals surface area contributed by atoms with E-state index in [-0.39, 0.29) is 11.5 Å². The first-order valence-electron chi connectivity index (χ1n) is 6.10. The van der Waals surface area contributed by atoms with Crippen molar-refractivity contribution in [1.29, 1.82) is 0 Å². The van der Waals surface area contributed by atoms with E-state index in [9.17, 15) is 10.2 Å². The van der Waals surface area contributed by atoms with Crippen LogP contribution >= 0.6 is 0 Å². The van der Waals surface area contributed by atoms with E-state index in [1.54, 1.807) is 6.07 Å². The van der Waals surface area contributed by atoms with Crippen molar-refractivity contribution in [2.75, 3.05) is 13.1 Å². The summed E-state index contributed by atoms with van der Waals surface area (Å²) in [6, 6.07) is 3.07. The van der Waals surface area contributed by atoms with Gasteiger partial charge in [-0.15, -0.1) is 0 Å². The summed E-state index contributed by atoms with van der Waals surface area (Å²) in [5.74, 6) is 0.0745. The molecule has 0 heterocycles. The average molecular weight is 248 g/mol. The van der Waals surface area contributed by atoms with Gasteiger partial charge in [0.15, 0.2) is 0 Å². The number of phenols is 2. The van der Waals surface area contributed by atoms with E-state index in [0.29, 0.717) is 24.2 Å². The van der Waals surface area contributed by atoms with Crippen molar-refractivity contribution in [1.82, 2.24) is 0 Å². The number of aliphatic imine (C=N–C) groups is 2. The van der Waals surface area contributed by atoms with Gasteiger partial charge in [0.05, 0.1) is 0 Å². The first kappa shape index (κ1) is 14.2. The van der Waals surface area contributed by atoms with E-state index in [4.69, 9.17) is 0 Å². The Hall–Kier alpha value is -1.84. The van der Waals surface area contributed by atoms with Crippen LogP contribution < -0.4 is 0 Å². The van der Waals surface area contributed by atoms with Crippen LogP contribution in [0.15, 0.2) is 22.1 Å². The molecule has 1 rings (SSSR count). The minimum atomic E-state index is 0.0373. The number of benzene rings is 1. The fourth-order valence-corrected chi connectivity index (χ4v) is 1.80. The summed E-state index contributed by atoms with van der Waals surface area (Å²) in [5.41, 5.74) is 2.77. The summed E-state index contributed by atoms with van der Waals surface area (Å²) in [4.78, 5) is 8.53. The van der Waals surface area contributed by atoms with Crippen LogP contribution in [0.4, 0.5) is 0 Å². The monoisotopic (exact) mass is 248 g/mol. The average Bonchev–Trinajstić information content (AvgIpc) is 2.29. The fourth-order valence-electron chi connectivity index (χ4n) is 1.80. The second-order valence-electron chi connectivity index (χ2n) is 4.01. The van der Waals surface area contributed by atoms with Gasteiger partial charge in [0.2, 0.25) is 0 Å². The summed E-state index contributed by atoms with van der Waals surface area (Å²) in [5, 5.41) is 19.7. The molecule has 18 heavy (non-hydrogen) atoms. The van der Waals surface area contributed by atoms with Gasteiger partial charge in [-0.25, -0.2) is 0 Å². The van der Waals surface area contributed by atoms with Crippen molar-refractivity contribution in [3.05, 3.63) is 23.3 Å². The molecule has 1 aromatic carbocycles. The van der Waals surface area contributed by atoms with E-state index < -0.39 is 0 Å². The van der Waals surface area contributed by atoms with E-state index in [0.717, 1.165) is 11.4 Å². The molecule has 0 radical (unpaired) electrons. The highest BCUT2D eigenvalue weighted by atomic mass is 16.3. The lowest BCUT2D eigenvalue weighted by molar-refractivity contribution is 0.449. The van der Waals surface area contributed by atoms with Gasteiger partial charge >= 0.3 is 0 Å². The minimum Gasteiger partial charge on any atom is -0.507 e. The maximum atomic E-state index is 9.84. The highest BCUT2D eigenvalue weighted by Gasteiger charge is 2.12.